The van der Waals surface area contributed by atoms with Gasteiger partial charge in [0.15, 0.2) is 11.6 Å². The molecule has 0 radical (unpaired) electrons. The molecule has 1 aromatic carbocycles. The van der Waals surface area contributed by atoms with Crippen LogP contribution in [0.5, 0.6) is 11.5 Å². The minimum absolute atomic E-state index is 0.0341. The Morgan fingerprint density at radius 3 is 3.06 bits per heavy atom. The van der Waals surface area contributed by atoms with Crippen molar-refractivity contribution in [2.45, 2.75) is 12.3 Å². The molecule has 1 aliphatic heterocycles. The third-order valence-corrected chi connectivity index (χ3v) is 3.22. The molecule has 3 nitrogen and oxygen atoms in total. The van der Waals surface area contributed by atoms with Gasteiger partial charge in [-0.05, 0) is 24.7 Å². The number of hydrogen-bond acceptors (Lipinski definition) is 3. The number of pyridine rings is 1. The van der Waals surface area contributed by atoms with Gasteiger partial charge in [-0.3, -0.25) is 4.98 Å². The van der Waals surface area contributed by atoms with E-state index in [4.69, 9.17) is 10.5 Å². The molecular weight excluding hydrogens is 231 g/mol. The molecule has 2 aromatic rings. The second-order valence-electron chi connectivity index (χ2n) is 4.35. The van der Waals surface area contributed by atoms with Gasteiger partial charge < -0.3 is 10.5 Å². The van der Waals surface area contributed by atoms with E-state index >= 15 is 0 Å². The SMILES string of the molecule is NC[C@@H]1Cc2ncccc2Oc2c(F)cccc21. The summed E-state index contributed by atoms with van der Waals surface area (Å²) < 4.78 is 19.5. The van der Waals surface area contributed by atoms with Crippen LogP contribution in [0.4, 0.5) is 4.39 Å². The second-order valence-corrected chi connectivity index (χ2v) is 4.35. The third-order valence-electron chi connectivity index (χ3n) is 3.22. The van der Waals surface area contributed by atoms with Crippen LogP contribution in [-0.2, 0) is 6.42 Å². The van der Waals surface area contributed by atoms with Crippen LogP contribution in [0.15, 0.2) is 36.5 Å². The molecule has 2 heterocycles. The van der Waals surface area contributed by atoms with Crippen LogP contribution in [0.2, 0.25) is 0 Å². The Morgan fingerprint density at radius 2 is 2.22 bits per heavy atom. The molecule has 1 aromatic heterocycles. The number of ether oxygens (including phenoxy) is 1. The van der Waals surface area contributed by atoms with Gasteiger partial charge in [0, 0.05) is 24.1 Å². The highest BCUT2D eigenvalue weighted by atomic mass is 19.1. The first-order valence-electron chi connectivity index (χ1n) is 5.90. The van der Waals surface area contributed by atoms with E-state index in [1.165, 1.54) is 6.07 Å². The molecule has 0 spiro atoms. The van der Waals surface area contributed by atoms with E-state index in [1.54, 1.807) is 24.4 Å². The van der Waals surface area contributed by atoms with Gasteiger partial charge in [-0.1, -0.05) is 12.1 Å². The zero-order valence-electron chi connectivity index (χ0n) is 9.77. The summed E-state index contributed by atoms with van der Waals surface area (Å²) in [6, 6.07) is 8.53. The van der Waals surface area contributed by atoms with E-state index < -0.39 is 0 Å². The van der Waals surface area contributed by atoms with Gasteiger partial charge in [0.2, 0.25) is 0 Å². The van der Waals surface area contributed by atoms with E-state index in [0.29, 0.717) is 18.7 Å². The second kappa shape index (κ2) is 4.38. The van der Waals surface area contributed by atoms with Crippen molar-refractivity contribution in [1.82, 2.24) is 4.98 Å². The molecule has 4 heteroatoms. The number of aromatic nitrogens is 1. The van der Waals surface area contributed by atoms with E-state index in [0.717, 1.165) is 11.3 Å². The van der Waals surface area contributed by atoms with Gasteiger partial charge in [-0.25, -0.2) is 4.39 Å². The highest BCUT2D eigenvalue weighted by molar-refractivity contribution is 5.45. The Labute approximate surface area is 104 Å². The van der Waals surface area contributed by atoms with Crippen LogP contribution in [0.3, 0.4) is 0 Å². The lowest BCUT2D eigenvalue weighted by Gasteiger charge is -2.14. The van der Waals surface area contributed by atoms with Crippen molar-refractivity contribution >= 4 is 0 Å². The zero-order valence-corrected chi connectivity index (χ0v) is 9.77. The number of benzene rings is 1. The van der Waals surface area contributed by atoms with Crippen LogP contribution >= 0.6 is 0 Å². The Morgan fingerprint density at radius 1 is 1.33 bits per heavy atom. The molecule has 1 atom stereocenters. The molecule has 0 aliphatic carbocycles. The van der Waals surface area contributed by atoms with Gasteiger partial charge in [0.1, 0.15) is 5.75 Å². The van der Waals surface area contributed by atoms with Crippen LogP contribution < -0.4 is 10.5 Å². The number of hydrogen-bond donors (Lipinski definition) is 1. The summed E-state index contributed by atoms with van der Waals surface area (Å²) in [6.07, 6.45) is 2.38. The number of halogens is 1. The number of rotatable bonds is 1. The summed E-state index contributed by atoms with van der Waals surface area (Å²) in [5.41, 5.74) is 7.43. The molecule has 0 bridgehead atoms. The molecule has 18 heavy (non-hydrogen) atoms. The van der Waals surface area contributed by atoms with Gasteiger partial charge in [-0.15, -0.1) is 0 Å². The molecule has 0 amide bonds. The largest absolute Gasteiger partial charge is 0.452 e. The smallest absolute Gasteiger partial charge is 0.166 e. The van der Waals surface area contributed by atoms with E-state index in [9.17, 15) is 4.39 Å². The monoisotopic (exact) mass is 244 g/mol. The van der Waals surface area contributed by atoms with Crippen molar-refractivity contribution in [2.75, 3.05) is 6.54 Å². The van der Waals surface area contributed by atoms with Gasteiger partial charge in [-0.2, -0.15) is 0 Å². The molecule has 1 aliphatic rings. The maximum Gasteiger partial charge on any atom is 0.166 e. The average Bonchev–Trinajstić information content (AvgIpc) is 2.56. The maximum atomic E-state index is 13.9. The summed E-state index contributed by atoms with van der Waals surface area (Å²) in [5, 5.41) is 0. The first-order valence-corrected chi connectivity index (χ1v) is 5.90. The first-order chi connectivity index (χ1) is 8.79. The minimum atomic E-state index is -0.359. The van der Waals surface area contributed by atoms with Crippen molar-refractivity contribution in [3.63, 3.8) is 0 Å². The lowest BCUT2D eigenvalue weighted by Crippen LogP contribution is -2.15. The van der Waals surface area contributed by atoms with Crippen molar-refractivity contribution < 1.29 is 9.13 Å². The summed E-state index contributed by atoms with van der Waals surface area (Å²) in [5.74, 6) is 0.564. The third kappa shape index (κ3) is 1.75. The van der Waals surface area contributed by atoms with Crippen LogP contribution in [0, 0.1) is 5.82 Å². The summed E-state index contributed by atoms with van der Waals surface area (Å²) >= 11 is 0. The first kappa shape index (κ1) is 11.2. The minimum Gasteiger partial charge on any atom is -0.452 e. The Balaban J connectivity index is 2.18. The normalized spacial score (nSPS) is 17.3. The van der Waals surface area contributed by atoms with Crippen LogP contribution in [0.1, 0.15) is 17.2 Å². The highest BCUT2D eigenvalue weighted by Crippen LogP contribution is 2.39. The van der Waals surface area contributed by atoms with Crippen LogP contribution in [-0.4, -0.2) is 11.5 Å². The fraction of sp³-hybridized carbons (Fsp3) is 0.214. The van der Waals surface area contributed by atoms with Gasteiger partial charge >= 0.3 is 0 Å². The number of para-hydroxylation sites is 1. The molecule has 0 saturated carbocycles. The zero-order chi connectivity index (χ0) is 12.5. The quantitative estimate of drug-likeness (QED) is 0.838. The van der Waals surface area contributed by atoms with Crippen molar-refractivity contribution in [3.05, 3.63) is 53.6 Å². The molecule has 92 valence electrons. The molecule has 2 N–H and O–H groups in total. The topological polar surface area (TPSA) is 48.1 Å². The highest BCUT2D eigenvalue weighted by Gasteiger charge is 2.25. The fourth-order valence-corrected chi connectivity index (χ4v) is 2.29. The van der Waals surface area contributed by atoms with Gasteiger partial charge in [0.05, 0.1) is 5.69 Å². The van der Waals surface area contributed by atoms with Crippen LogP contribution in [0.25, 0.3) is 0 Å². The number of fused-ring (bicyclic) bond motifs is 2. The van der Waals surface area contributed by atoms with Gasteiger partial charge in [0.25, 0.3) is 0 Å². The van der Waals surface area contributed by atoms with E-state index in [-0.39, 0.29) is 17.5 Å². The lowest BCUT2D eigenvalue weighted by molar-refractivity contribution is 0.436. The Hall–Kier alpha value is -1.94. The summed E-state index contributed by atoms with van der Waals surface area (Å²) in [7, 11) is 0. The molecule has 0 fully saturated rings. The molecule has 3 rings (SSSR count). The Kier molecular flexibility index (Phi) is 2.72. The predicted octanol–water partition coefficient (Wildman–Crippen LogP) is 2.61. The lowest BCUT2D eigenvalue weighted by atomic mass is 9.94. The fourth-order valence-electron chi connectivity index (χ4n) is 2.29. The number of nitrogens with zero attached hydrogens (tertiary/aromatic N) is 1. The van der Waals surface area contributed by atoms with E-state index in [2.05, 4.69) is 4.98 Å². The maximum absolute atomic E-state index is 13.9. The molecular formula is C14H13FN2O. The van der Waals surface area contributed by atoms with Crippen molar-refractivity contribution in [1.29, 1.82) is 0 Å². The van der Waals surface area contributed by atoms with Crippen molar-refractivity contribution in [2.24, 2.45) is 5.73 Å². The average molecular weight is 244 g/mol. The summed E-state index contributed by atoms with van der Waals surface area (Å²) in [4.78, 5) is 4.29. The van der Waals surface area contributed by atoms with E-state index in [1.807, 2.05) is 6.07 Å². The Bertz CT molecular complexity index is 586. The van der Waals surface area contributed by atoms with Crippen molar-refractivity contribution in [3.8, 4) is 11.5 Å². The number of nitrogens with two attached hydrogens (primary N) is 1. The molecule has 0 saturated heterocycles. The molecule has 0 unspecified atom stereocenters. The summed E-state index contributed by atoms with van der Waals surface area (Å²) in [6.45, 7) is 0.440. The predicted molar refractivity (Wildman–Crippen MR) is 66.2 cm³/mol. The standard InChI is InChI=1S/C14H13FN2O/c15-11-4-1-3-10-9(8-16)7-12-13(18-14(10)11)5-2-6-17-12/h1-6,9H,7-8,16H2/t9-/m0/s1.